The van der Waals surface area contributed by atoms with Crippen molar-refractivity contribution in [2.75, 3.05) is 5.32 Å². The molecule has 0 unspecified atom stereocenters. The van der Waals surface area contributed by atoms with Gasteiger partial charge in [0, 0.05) is 23.2 Å². The highest BCUT2D eigenvalue weighted by Gasteiger charge is 2.11. The van der Waals surface area contributed by atoms with Gasteiger partial charge in [-0.05, 0) is 62.2 Å². The van der Waals surface area contributed by atoms with Crippen molar-refractivity contribution in [3.63, 3.8) is 0 Å². The highest BCUT2D eigenvalue weighted by Crippen LogP contribution is 2.15. The van der Waals surface area contributed by atoms with Crippen LogP contribution in [0.1, 0.15) is 54.8 Å². The second-order valence-electron chi connectivity index (χ2n) is 7.33. The van der Waals surface area contributed by atoms with Gasteiger partial charge in [0.25, 0.3) is 11.8 Å². The first-order valence-electron chi connectivity index (χ1n) is 9.52. The largest absolute Gasteiger partial charge is 0.491 e. The maximum atomic E-state index is 12.3. The normalized spacial score (nSPS) is 10.6. The molecule has 29 heavy (non-hydrogen) atoms. The summed E-state index contributed by atoms with van der Waals surface area (Å²) in [5.41, 5.74) is 6.09. The fourth-order valence-corrected chi connectivity index (χ4v) is 2.53. The maximum absolute atomic E-state index is 12.3. The van der Waals surface area contributed by atoms with Crippen molar-refractivity contribution < 1.29 is 19.1 Å². The molecule has 0 saturated carbocycles. The predicted molar refractivity (Wildman–Crippen MR) is 112 cm³/mol. The van der Waals surface area contributed by atoms with Crippen LogP contribution in [0.2, 0.25) is 0 Å². The van der Waals surface area contributed by atoms with Gasteiger partial charge < -0.3 is 10.1 Å². The molecule has 0 atom stereocenters. The molecule has 0 saturated heterocycles. The summed E-state index contributed by atoms with van der Waals surface area (Å²) >= 11 is 0. The summed E-state index contributed by atoms with van der Waals surface area (Å²) in [5, 5.41) is 2.78. The highest BCUT2D eigenvalue weighted by atomic mass is 16.5. The molecule has 0 radical (unpaired) electrons. The van der Waals surface area contributed by atoms with E-state index in [2.05, 4.69) is 16.2 Å². The Labute approximate surface area is 170 Å². The van der Waals surface area contributed by atoms with Crippen LogP contribution in [0.25, 0.3) is 0 Å². The van der Waals surface area contributed by atoms with E-state index in [-0.39, 0.29) is 17.9 Å². The second kappa shape index (κ2) is 10.3. The first-order valence-corrected chi connectivity index (χ1v) is 9.52. The molecule has 0 fully saturated rings. The highest BCUT2D eigenvalue weighted by molar-refractivity contribution is 5.99. The minimum Gasteiger partial charge on any atom is -0.491 e. The summed E-state index contributed by atoms with van der Waals surface area (Å²) in [4.78, 5) is 36.3. The maximum Gasteiger partial charge on any atom is 0.269 e. The van der Waals surface area contributed by atoms with Gasteiger partial charge in [-0.15, -0.1) is 0 Å². The fourth-order valence-electron chi connectivity index (χ4n) is 2.53. The summed E-state index contributed by atoms with van der Waals surface area (Å²) in [6.45, 7) is 7.73. The summed E-state index contributed by atoms with van der Waals surface area (Å²) in [6, 6.07) is 13.1. The average Bonchev–Trinajstić information content (AvgIpc) is 2.65. The molecule has 2 aromatic carbocycles. The van der Waals surface area contributed by atoms with E-state index in [0.29, 0.717) is 29.0 Å². The van der Waals surface area contributed by atoms with Crippen molar-refractivity contribution in [2.45, 2.75) is 40.2 Å². The van der Waals surface area contributed by atoms with Crippen molar-refractivity contribution in [3.8, 4) is 5.75 Å². The number of benzene rings is 2. The van der Waals surface area contributed by atoms with Crippen LogP contribution in [0.3, 0.4) is 0 Å². The van der Waals surface area contributed by atoms with E-state index in [1.54, 1.807) is 48.5 Å². The molecular weight excluding hydrogens is 370 g/mol. The first-order chi connectivity index (χ1) is 13.7. The number of hydrogen-bond donors (Lipinski definition) is 3. The van der Waals surface area contributed by atoms with Gasteiger partial charge in [0.1, 0.15) is 5.75 Å². The van der Waals surface area contributed by atoms with E-state index in [1.807, 2.05) is 27.7 Å². The minimum atomic E-state index is -0.465. The van der Waals surface area contributed by atoms with E-state index >= 15 is 0 Å². The Morgan fingerprint density at radius 3 is 2.07 bits per heavy atom. The molecule has 3 N–H and O–H groups in total. The molecule has 0 aromatic heterocycles. The third kappa shape index (κ3) is 7.29. The van der Waals surface area contributed by atoms with Gasteiger partial charge in [-0.25, -0.2) is 0 Å². The summed E-state index contributed by atoms with van der Waals surface area (Å²) in [5.74, 6) is -0.151. The lowest BCUT2D eigenvalue weighted by Crippen LogP contribution is -2.41. The lowest BCUT2D eigenvalue weighted by molar-refractivity contribution is -0.116. The summed E-state index contributed by atoms with van der Waals surface area (Å²) in [7, 11) is 0. The molecule has 2 aromatic rings. The molecule has 7 heteroatoms. The molecule has 154 valence electrons. The van der Waals surface area contributed by atoms with Crippen molar-refractivity contribution in [3.05, 3.63) is 59.7 Å². The van der Waals surface area contributed by atoms with Gasteiger partial charge >= 0.3 is 0 Å². The lowest BCUT2D eigenvalue weighted by Gasteiger charge is -2.12. The Kier molecular flexibility index (Phi) is 7.77. The van der Waals surface area contributed by atoms with Crippen LogP contribution < -0.4 is 20.9 Å². The number of nitrogens with one attached hydrogen (secondary N) is 3. The van der Waals surface area contributed by atoms with Gasteiger partial charge in [0.05, 0.1) is 6.10 Å². The van der Waals surface area contributed by atoms with Crippen molar-refractivity contribution in [2.24, 2.45) is 5.92 Å². The average molecular weight is 397 g/mol. The van der Waals surface area contributed by atoms with Gasteiger partial charge in [-0.2, -0.15) is 0 Å². The molecule has 0 aliphatic carbocycles. The van der Waals surface area contributed by atoms with Gasteiger partial charge in [-0.1, -0.05) is 19.9 Å². The zero-order valence-electron chi connectivity index (χ0n) is 17.1. The Morgan fingerprint density at radius 2 is 1.48 bits per heavy atom. The molecule has 0 aliphatic rings. The Balaban J connectivity index is 1.90. The van der Waals surface area contributed by atoms with Gasteiger partial charge in [-0.3, -0.25) is 25.2 Å². The van der Waals surface area contributed by atoms with Crippen molar-refractivity contribution in [1.82, 2.24) is 10.9 Å². The lowest BCUT2D eigenvalue weighted by atomic mass is 10.1. The number of amides is 3. The topological polar surface area (TPSA) is 96.5 Å². The van der Waals surface area contributed by atoms with E-state index in [1.165, 1.54) is 0 Å². The van der Waals surface area contributed by atoms with Crippen LogP contribution in [0, 0.1) is 5.92 Å². The number of anilines is 1. The smallest absolute Gasteiger partial charge is 0.269 e. The number of carbonyl (C=O) groups is 3. The molecule has 0 bridgehead atoms. The van der Waals surface area contributed by atoms with E-state index in [4.69, 9.17) is 4.74 Å². The standard InChI is InChI=1S/C22H27N3O4/c1-14(2)12-20(26)23-18-10-8-16(9-11-18)21(27)24-25-22(28)17-6-5-7-19(13-17)29-15(3)4/h5-11,13-15H,12H2,1-4H3,(H,23,26)(H,24,27)(H,25,28). The number of hydrazine groups is 1. The summed E-state index contributed by atoms with van der Waals surface area (Å²) < 4.78 is 5.56. The van der Waals surface area contributed by atoms with Gasteiger partial charge in [0.15, 0.2) is 0 Å². The quantitative estimate of drug-likeness (QED) is 0.623. The number of rotatable bonds is 7. The Morgan fingerprint density at radius 1 is 0.862 bits per heavy atom. The van der Waals surface area contributed by atoms with Gasteiger partial charge in [0.2, 0.25) is 5.91 Å². The minimum absolute atomic E-state index is 0.00820. The Bertz CT molecular complexity index is 861. The van der Waals surface area contributed by atoms with E-state index in [9.17, 15) is 14.4 Å². The molecule has 3 amide bonds. The number of ether oxygens (including phenoxy) is 1. The SMILES string of the molecule is CC(C)CC(=O)Nc1ccc(C(=O)NNC(=O)c2cccc(OC(C)C)c2)cc1. The molecule has 0 aliphatic heterocycles. The van der Waals surface area contributed by atoms with Crippen molar-refractivity contribution >= 4 is 23.4 Å². The zero-order chi connectivity index (χ0) is 21.4. The first kappa shape index (κ1) is 21.9. The molecule has 7 nitrogen and oxygen atoms in total. The van der Waals surface area contributed by atoms with Crippen LogP contribution >= 0.6 is 0 Å². The van der Waals surface area contributed by atoms with Crippen LogP contribution in [0.5, 0.6) is 5.75 Å². The van der Waals surface area contributed by atoms with Crippen LogP contribution in [0.4, 0.5) is 5.69 Å². The molecule has 0 heterocycles. The number of carbonyl (C=O) groups excluding carboxylic acids is 3. The van der Waals surface area contributed by atoms with E-state index < -0.39 is 11.8 Å². The number of hydrogen-bond acceptors (Lipinski definition) is 4. The van der Waals surface area contributed by atoms with Crippen LogP contribution in [-0.2, 0) is 4.79 Å². The van der Waals surface area contributed by atoms with Crippen LogP contribution in [0.15, 0.2) is 48.5 Å². The van der Waals surface area contributed by atoms with Crippen molar-refractivity contribution in [1.29, 1.82) is 0 Å². The second-order valence-corrected chi connectivity index (χ2v) is 7.33. The monoisotopic (exact) mass is 397 g/mol. The third-order valence-electron chi connectivity index (χ3n) is 3.78. The molecular formula is C22H27N3O4. The molecule has 0 spiro atoms. The predicted octanol–water partition coefficient (Wildman–Crippen LogP) is 3.53. The Hall–Kier alpha value is -3.35. The zero-order valence-corrected chi connectivity index (χ0v) is 17.1. The fraction of sp³-hybridized carbons (Fsp3) is 0.318. The van der Waals surface area contributed by atoms with E-state index in [0.717, 1.165) is 0 Å². The summed E-state index contributed by atoms with van der Waals surface area (Å²) in [6.07, 6.45) is 0.420. The third-order valence-corrected chi connectivity index (χ3v) is 3.78. The van der Waals surface area contributed by atoms with Crippen LogP contribution in [-0.4, -0.2) is 23.8 Å². The molecule has 2 rings (SSSR count).